The van der Waals surface area contributed by atoms with Crippen LogP contribution in [0.4, 0.5) is 4.79 Å². The predicted octanol–water partition coefficient (Wildman–Crippen LogP) is 9.65. The molecule has 2 aliphatic heterocycles. The highest BCUT2D eigenvalue weighted by Crippen LogP contribution is 2.37. The fourth-order valence-electron chi connectivity index (χ4n) is 8.14. The third-order valence-electron chi connectivity index (χ3n) is 11.6. The van der Waals surface area contributed by atoms with E-state index in [1.807, 2.05) is 72.8 Å². The summed E-state index contributed by atoms with van der Waals surface area (Å²) < 4.78 is 46.1. The molecule has 2 heterocycles. The molecule has 0 aromatic heterocycles. The summed E-state index contributed by atoms with van der Waals surface area (Å²) in [5.74, 6) is 4.13. The molecule has 0 unspecified atom stereocenters. The average molecular weight is 847 g/mol. The number of carbonyl (C=O) groups excluding carboxylic acids is 1. The highest BCUT2D eigenvalue weighted by atomic mass is 16.7. The van der Waals surface area contributed by atoms with Crippen molar-refractivity contribution >= 4 is 17.6 Å². The molecule has 0 fully saturated rings. The number of methoxy groups -OCH3 is 2. The minimum absolute atomic E-state index is 0.189. The molecule has 63 heavy (non-hydrogen) atoms. The van der Waals surface area contributed by atoms with Gasteiger partial charge in [-0.05, 0) is 88.8 Å². The molecule has 2 aliphatic rings. The van der Waals surface area contributed by atoms with Gasteiger partial charge in [0.2, 0.25) is 0 Å². The maximum Gasteiger partial charge on any atom is 0.513 e. The lowest BCUT2D eigenvalue weighted by Crippen LogP contribution is -2.29. The first kappa shape index (κ1) is 42.6. The van der Waals surface area contributed by atoms with Crippen molar-refractivity contribution in [3.05, 3.63) is 172 Å². The lowest BCUT2D eigenvalue weighted by atomic mass is 9.92. The summed E-state index contributed by atoms with van der Waals surface area (Å²) in [5, 5.41) is 0. The van der Waals surface area contributed by atoms with Gasteiger partial charge in [0.15, 0.2) is 45.9 Å². The van der Waals surface area contributed by atoms with Gasteiger partial charge in [0.05, 0.1) is 33.7 Å². The van der Waals surface area contributed by atoms with Crippen LogP contribution in [-0.2, 0) is 43.6 Å². The Bertz CT molecular complexity index is 2640. The molecular weight excluding hydrogens is 793 g/mol. The van der Waals surface area contributed by atoms with Gasteiger partial charge in [-0.15, -0.1) is 0 Å². The van der Waals surface area contributed by atoms with E-state index in [1.54, 1.807) is 27.2 Å². The predicted molar refractivity (Wildman–Crippen MR) is 243 cm³/mol. The van der Waals surface area contributed by atoms with Crippen molar-refractivity contribution in [3.63, 3.8) is 0 Å². The van der Waals surface area contributed by atoms with Crippen LogP contribution >= 0.6 is 0 Å². The van der Waals surface area contributed by atoms with E-state index in [0.29, 0.717) is 49.1 Å². The molecule has 10 heteroatoms. The van der Waals surface area contributed by atoms with Gasteiger partial charge >= 0.3 is 6.16 Å². The fourth-order valence-corrected chi connectivity index (χ4v) is 8.14. The molecule has 0 radical (unpaired) electrons. The molecule has 0 saturated carbocycles. The Kier molecular flexibility index (Phi) is 13.4. The topological polar surface area (TPSA) is 87.7 Å². The average Bonchev–Trinajstić information content (AvgIpc) is 3.31. The molecule has 6 aromatic carbocycles. The monoisotopic (exact) mass is 846 g/mol. The highest BCUT2D eigenvalue weighted by molar-refractivity contribution is 6.01. The summed E-state index contributed by atoms with van der Waals surface area (Å²) in [6.45, 7) is 4.56. The summed E-state index contributed by atoms with van der Waals surface area (Å²) in [5.41, 5.74) is 11.3. The maximum atomic E-state index is 12.6. The number of nitrogens with zero attached hydrogens (tertiary/aromatic N) is 2. The Labute approximate surface area is 369 Å². The summed E-state index contributed by atoms with van der Waals surface area (Å²) in [6, 6.07) is 42.4. The standard InChI is InChI=1S/C53H54N2O8/c1-6-59-53(56)63-47-22-19-39(28-46-44-33-51(61-35-38-15-11-8-12-16-38)49(58-5)31-41(44)24-26-55(46)3)29-52(47)62-42-20-17-36(18-21-42)27-45-43-32-50(60-34-37-13-9-7-10-14-37)48(57-4)30-40(43)23-25-54(45)2/h7-22,29-33H,6,23-28,34-35H2,1-5H3/q+2. The van der Waals surface area contributed by atoms with Crippen molar-refractivity contribution in [2.75, 3.05) is 48.0 Å². The number of rotatable bonds is 16. The molecule has 6 aromatic rings. The second-order valence-corrected chi connectivity index (χ2v) is 15.8. The molecule has 8 rings (SSSR count). The molecule has 0 amide bonds. The van der Waals surface area contributed by atoms with Crippen molar-refractivity contribution in [1.82, 2.24) is 0 Å². The Hall–Kier alpha value is -7.07. The van der Waals surface area contributed by atoms with Gasteiger partial charge in [0.25, 0.3) is 0 Å². The van der Waals surface area contributed by atoms with Crippen LogP contribution in [-0.4, -0.2) is 74.7 Å². The zero-order valence-electron chi connectivity index (χ0n) is 36.6. The first-order valence-electron chi connectivity index (χ1n) is 21.4. The third-order valence-corrected chi connectivity index (χ3v) is 11.6. The van der Waals surface area contributed by atoms with Gasteiger partial charge < -0.3 is 33.2 Å². The van der Waals surface area contributed by atoms with Crippen molar-refractivity contribution in [3.8, 4) is 40.2 Å². The second kappa shape index (κ2) is 19.8. The van der Waals surface area contributed by atoms with Crippen LogP contribution in [0.5, 0.6) is 40.2 Å². The zero-order valence-corrected chi connectivity index (χ0v) is 36.6. The van der Waals surface area contributed by atoms with Crippen LogP contribution in [0.3, 0.4) is 0 Å². The van der Waals surface area contributed by atoms with Crippen LogP contribution < -0.4 is 28.4 Å². The highest BCUT2D eigenvalue weighted by Gasteiger charge is 2.29. The van der Waals surface area contributed by atoms with E-state index in [1.165, 1.54) is 16.8 Å². The summed E-state index contributed by atoms with van der Waals surface area (Å²) >= 11 is 0. The Morgan fingerprint density at radius 1 is 0.540 bits per heavy atom. The molecule has 322 valence electrons. The third kappa shape index (κ3) is 10.2. The van der Waals surface area contributed by atoms with Crippen molar-refractivity contribution in [2.45, 2.75) is 45.8 Å². The van der Waals surface area contributed by atoms with Crippen molar-refractivity contribution in [1.29, 1.82) is 0 Å². The van der Waals surface area contributed by atoms with E-state index in [4.69, 9.17) is 33.2 Å². The summed E-state index contributed by atoms with van der Waals surface area (Å²) in [7, 11) is 7.62. The van der Waals surface area contributed by atoms with Crippen LogP contribution in [0.2, 0.25) is 0 Å². The van der Waals surface area contributed by atoms with E-state index < -0.39 is 6.16 Å². The van der Waals surface area contributed by atoms with Gasteiger partial charge in [0, 0.05) is 24.0 Å². The Morgan fingerprint density at radius 3 is 1.56 bits per heavy atom. The molecular formula is C53H54N2O8+2. The quantitative estimate of drug-likeness (QED) is 0.0541. The number of hydrogen-bond acceptors (Lipinski definition) is 8. The van der Waals surface area contributed by atoms with Gasteiger partial charge in [0.1, 0.15) is 46.1 Å². The van der Waals surface area contributed by atoms with E-state index >= 15 is 0 Å². The lowest BCUT2D eigenvalue weighted by Gasteiger charge is -2.20. The SMILES string of the molecule is CCOC(=O)Oc1ccc(CC2=[N+](C)CCc3cc(OC)c(OCc4ccccc4)cc32)cc1Oc1ccc(CC2=[N+](C)CCc3cc(OC)c(OCc4ccccc4)cc32)cc1. The number of ether oxygens (including phenoxy) is 7. The number of hydrogen-bond donors (Lipinski definition) is 0. The van der Waals surface area contributed by atoms with Crippen LogP contribution in [0.15, 0.2) is 127 Å². The molecule has 0 N–H and O–H groups in total. The molecule has 0 spiro atoms. The number of fused-ring (bicyclic) bond motifs is 2. The van der Waals surface area contributed by atoms with Gasteiger partial charge in [-0.2, -0.15) is 0 Å². The minimum Gasteiger partial charge on any atom is -0.493 e. The van der Waals surface area contributed by atoms with Crippen LogP contribution in [0.25, 0.3) is 0 Å². The van der Waals surface area contributed by atoms with E-state index in [2.05, 4.69) is 71.8 Å². The van der Waals surface area contributed by atoms with Crippen molar-refractivity contribution in [2.24, 2.45) is 0 Å². The minimum atomic E-state index is -0.794. The summed E-state index contributed by atoms with van der Waals surface area (Å²) in [4.78, 5) is 12.6. The maximum absolute atomic E-state index is 12.6. The second-order valence-electron chi connectivity index (χ2n) is 15.8. The number of carbonyl (C=O) groups is 1. The van der Waals surface area contributed by atoms with E-state index in [9.17, 15) is 4.79 Å². The Morgan fingerprint density at radius 2 is 1.05 bits per heavy atom. The van der Waals surface area contributed by atoms with E-state index in [0.717, 1.165) is 76.5 Å². The van der Waals surface area contributed by atoms with Gasteiger partial charge in [-0.3, -0.25) is 0 Å². The first-order chi connectivity index (χ1) is 30.8. The molecule has 0 aliphatic carbocycles. The summed E-state index contributed by atoms with van der Waals surface area (Å²) in [6.07, 6.45) is 2.30. The zero-order chi connectivity index (χ0) is 43.7. The van der Waals surface area contributed by atoms with Gasteiger partial charge in [-0.1, -0.05) is 78.9 Å². The lowest BCUT2D eigenvalue weighted by molar-refractivity contribution is -0.499. The van der Waals surface area contributed by atoms with Crippen LogP contribution in [0, 0.1) is 0 Å². The Balaban J connectivity index is 1.03. The number of likely N-dealkylation sites (N-methyl/N-ethyl adjacent to an activating group) is 2. The van der Waals surface area contributed by atoms with Crippen molar-refractivity contribution < 1.29 is 47.1 Å². The molecule has 0 saturated heterocycles. The van der Waals surface area contributed by atoms with Crippen LogP contribution in [0.1, 0.15) is 51.4 Å². The smallest absolute Gasteiger partial charge is 0.493 e. The fraction of sp³-hybridized carbons (Fsp3) is 0.264. The van der Waals surface area contributed by atoms with Gasteiger partial charge in [-0.25, -0.2) is 13.9 Å². The largest absolute Gasteiger partial charge is 0.513 e. The first-order valence-corrected chi connectivity index (χ1v) is 21.4. The number of benzene rings is 6. The molecule has 10 nitrogen and oxygen atoms in total. The van der Waals surface area contributed by atoms with E-state index in [-0.39, 0.29) is 12.4 Å². The normalized spacial score (nSPS) is 13.2. The molecule has 0 bridgehead atoms. The molecule has 0 atom stereocenters.